The van der Waals surface area contributed by atoms with Gasteiger partial charge in [0.2, 0.25) is 10.0 Å². The molecule has 3 rings (SSSR count). The lowest BCUT2D eigenvalue weighted by atomic mass is 10.1. The second-order valence-electron chi connectivity index (χ2n) is 7.85. The topological polar surface area (TPSA) is 84.7 Å². The van der Waals surface area contributed by atoms with Gasteiger partial charge in [0, 0.05) is 51.4 Å². The molecule has 0 spiro atoms. The van der Waals surface area contributed by atoms with Gasteiger partial charge < -0.3 is 4.90 Å². The van der Waals surface area contributed by atoms with Gasteiger partial charge in [0.15, 0.2) is 0 Å². The molecule has 0 aliphatic carbocycles. The normalized spacial score (nSPS) is 15.4. The van der Waals surface area contributed by atoms with E-state index in [1.807, 2.05) is 29.2 Å². The Morgan fingerprint density at radius 3 is 2.41 bits per heavy atom. The smallest absolute Gasteiger partial charge is 0.253 e. The molecule has 0 aromatic heterocycles. The number of rotatable bonds is 7. The van der Waals surface area contributed by atoms with E-state index in [9.17, 15) is 13.2 Å². The first-order chi connectivity index (χ1) is 15.4. The largest absolute Gasteiger partial charge is 0.337 e. The summed E-state index contributed by atoms with van der Waals surface area (Å²) in [5.74, 6) is -0.137. The number of benzene rings is 2. The van der Waals surface area contributed by atoms with Crippen molar-refractivity contribution in [1.29, 1.82) is 5.26 Å². The van der Waals surface area contributed by atoms with Crippen molar-refractivity contribution < 1.29 is 13.2 Å². The summed E-state index contributed by atoms with van der Waals surface area (Å²) in [6.07, 6.45) is 0.847. The van der Waals surface area contributed by atoms with Crippen LogP contribution in [0.3, 0.4) is 0 Å². The summed E-state index contributed by atoms with van der Waals surface area (Å²) >= 11 is 0. The van der Waals surface area contributed by atoms with E-state index < -0.39 is 10.0 Å². The van der Waals surface area contributed by atoms with Crippen LogP contribution in [-0.4, -0.2) is 67.7 Å². The third-order valence-electron chi connectivity index (χ3n) is 5.79. The van der Waals surface area contributed by atoms with Gasteiger partial charge >= 0.3 is 0 Å². The van der Waals surface area contributed by atoms with Crippen LogP contribution in [0.1, 0.15) is 41.8 Å². The Morgan fingerprint density at radius 1 is 1.03 bits per heavy atom. The Bertz CT molecular complexity index is 1070. The number of hydrogen-bond acceptors (Lipinski definition) is 5. The van der Waals surface area contributed by atoms with E-state index in [2.05, 4.69) is 11.0 Å². The van der Waals surface area contributed by atoms with Gasteiger partial charge in [-0.25, -0.2) is 8.42 Å². The summed E-state index contributed by atoms with van der Waals surface area (Å²) in [5, 5.41) is 8.94. The van der Waals surface area contributed by atoms with Gasteiger partial charge in [-0.2, -0.15) is 9.57 Å². The molecule has 7 nitrogen and oxygen atoms in total. The first kappa shape index (κ1) is 23.9. The number of nitrogens with zero attached hydrogens (tertiary/aromatic N) is 4. The van der Waals surface area contributed by atoms with Gasteiger partial charge in [-0.05, 0) is 42.3 Å². The van der Waals surface area contributed by atoms with Crippen molar-refractivity contribution in [3.8, 4) is 6.07 Å². The second-order valence-corrected chi connectivity index (χ2v) is 9.79. The van der Waals surface area contributed by atoms with E-state index in [0.717, 1.165) is 31.6 Å². The molecule has 1 saturated heterocycles. The molecule has 8 heteroatoms. The Kier molecular flexibility index (Phi) is 8.02. The predicted octanol–water partition coefficient (Wildman–Crippen LogP) is 2.94. The molecule has 32 heavy (non-hydrogen) atoms. The lowest BCUT2D eigenvalue weighted by molar-refractivity contribution is 0.0761. The summed E-state index contributed by atoms with van der Waals surface area (Å²) < 4.78 is 27.1. The monoisotopic (exact) mass is 454 g/mol. The molecule has 0 radical (unpaired) electrons. The highest BCUT2D eigenvalue weighted by molar-refractivity contribution is 7.89. The molecule has 0 N–H and O–H groups in total. The van der Waals surface area contributed by atoms with Crippen molar-refractivity contribution in [2.75, 3.05) is 39.3 Å². The number of nitriles is 1. The molecule has 0 bridgehead atoms. The van der Waals surface area contributed by atoms with Gasteiger partial charge in [-0.15, -0.1) is 0 Å². The van der Waals surface area contributed by atoms with Crippen molar-refractivity contribution in [2.45, 2.75) is 31.7 Å². The third-order valence-corrected chi connectivity index (χ3v) is 7.84. The van der Waals surface area contributed by atoms with Crippen molar-refractivity contribution in [3.05, 3.63) is 65.2 Å². The number of carbonyl (C=O) groups is 1. The molecular weight excluding hydrogens is 424 g/mol. The second kappa shape index (κ2) is 10.7. The van der Waals surface area contributed by atoms with Crippen molar-refractivity contribution in [1.82, 2.24) is 14.1 Å². The van der Waals surface area contributed by atoms with Crippen LogP contribution in [0.2, 0.25) is 0 Å². The Morgan fingerprint density at radius 2 is 1.75 bits per heavy atom. The van der Waals surface area contributed by atoms with Gasteiger partial charge in [0.25, 0.3) is 5.91 Å². The fourth-order valence-electron chi connectivity index (χ4n) is 3.96. The number of hydrogen-bond donors (Lipinski definition) is 0. The van der Waals surface area contributed by atoms with Crippen LogP contribution in [0.4, 0.5) is 0 Å². The third kappa shape index (κ3) is 5.54. The van der Waals surface area contributed by atoms with Gasteiger partial charge in [-0.3, -0.25) is 9.69 Å². The highest BCUT2D eigenvalue weighted by Gasteiger charge is 2.25. The molecule has 2 aromatic rings. The number of sulfonamides is 1. The molecule has 170 valence electrons. The fraction of sp³-hybridized carbons (Fsp3) is 0.417. The van der Waals surface area contributed by atoms with Gasteiger partial charge in [-0.1, -0.05) is 32.0 Å². The Balaban J connectivity index is 1.67. The Hall–Kier alpha value is -2.73. The van der Waals surface area contributed by atoms with Gasteiger partial charge in [0.05, 0.1) is 16.5 Å². The van der Waals surface area contributed by atoms with E-state index in [4.69, 9.17) is 5.26 Å². The minimum absolute atomic E-state index is 0.137. The highest BCUT2D eigenvalue weighted by atomic mass is 32.2. The van der Waals surface area contributed by atoms with Crippen LogP contribution in [-0.2, 0) is 16.6 Å². The zero-order chi connectivity index (χ0) is 23.1. The predicted molar refractivity (Wildman–Crippen MR) is 124 cm³/mol. The Labute approximate surface area is 190 Å². The van der Waals surface area contributed by atoms with E-state index in [1.165, 1.54) is 10.4 Å². The lowest BCUT2D eigenvalue weighted by Crippen LogP contribution is -2.35. The molecule has 1 amide bonds. The summed E-state index contributed by atoms with van der Waals surface area (Å²) in [5.41, 5.74) is 2.18. The summed E-state index contributed by atoms with van der Waals surface area (Å²) in [7, 11) is -3.61. The highest BCUT2D eigenvalue weighted by Crippen LogP contribution is 2.19. The molecule has 1 aliphatic heterocycles. The average molecular weight is 455 g/mol. The SMILES string of the molecule is CCN(CC)S(=O)(=O)c1cccc(C(=O)N2CCCN(Cc3ccc(C#N)cc3)CC2)c1. The molecule has 1 heterocycles. The first-order valence-electron chi connectivity index (χ1n) is 11.0. The van der Waals surface area contributed by atoms with E-state index >= 15 is 0 Å². The maximum atomic E-state index is 13.1. The summed E-state index contributed by atoms with van der Waals surface area (Å²) in [6.45, 7) is 7.98. The molecular formula is C24H30N4O3S. The first-order valence-corrected chi connectivity index (χ1v) is 12.4. The minimum Gasteiger partial charge on any atom is -0.337 e. The molecule has 2 aromatic carbocycles. The van der Waals surface area contributed by atoms with Crippen molar-refractivity contribution in [2.24, 2.45) is 0 Å². The van der Waals surface area contributed by atoms with E-state index in [-0.39, 0.29) is 10.8 Å². The number of amides is 1. The molecule has 1 aliphatic rings. The average Bonchev–Trinajstić information content (AvgIpc) is 3.05. The quantitative estimate of drug-likeness (QED) is 0.642. The maximum Gasteiger partial charge on any atom is 0.253 e. The van der Waals surface area contributed by atoms with Crippen molar-refractivity contribution in [3.63, 3.8) is 0 Å². The standard InChI is InChI=1S/C24H30N4O3S/c1-3-28(4-2)32(30,31)23-8-5-7-22(17-23)24(29)27-14-6-13-26(15-16-27)19-21-11-9-20(18-25)10-12-21/h5,7-12,17H,3-4,6,13-16,19H2,1-2H3. The molecule has 0 atom stereocenters. The molecule has 0 unspecified atom stereocenters. The van der Waals surface area contributed by atoms with E-state index in [0.29, 0.717) is 37.3 Å². The van der Waals surface area contributed by atoms with Crippen LogP contribution >= 0.6 is 0 Å². The van der Waals surface area contributed by atoms with E-state index in [1.54, 1.807) is 32.0 Å². The maximum absolute atomic E-state index is 13.1. The lowest BCUT2D eigenvalue weighted by Gasteiger charge is -2.23. The minimum atomic E-state index is -3.61. The fourth-order valence-corrected chi connectivity index (χ4v) is 5.46. The van der Waals surface area contributed by atoms with Crippen LogP contribution < -0.4 is 0 Å². The molecule has 1 fully saturated rings. The molecule has 0 saturated carbocycles. The van der Waals surface area contributed by atoms with Crippen LogP contribution in [0, 0.1) is 11.3 Å². The van der Waals surface area contributed by atoms with Crippen molar-refractivity contribution >= 4 is 15.9 Å². The zero-order valence-corrected chi connectivity index (χ0v) is 19.5. The van der Waals surface area contributed by atoms with Crippen LogP contribution in [0.25, 0.3) is 0 Å². The number of carbonyl (C=O) groups excluding carboxylic acids is 1. The van der Waals surface area contributed by atoms with Crippen LogP contribution in [0.5, 0.6) is 0 Å². The summed E-state index contributed by atoms with van der Waals surface area (Å²) in [6, 6.07) is 16.1. The zero-order valence-electron chi connectivity index (χ0n) is 18.7. The van der Waals surface area contributed by atoms with Crippen LogP contribution in [0.15, 0.2) is 53.4 Å². The van der Waals surface area contributed by atoms with Gasteiger partial charge in [0.1, 0.15) is 0 Å². The summed E-state index contributed by atoms with van der Waals surface area (Å²) in [4.78, 5) is 17.4.